The number of carbonyl (C=O) groups excluding carboxylic acids is 1. The van der Waals surface area contributed by atoms with E-state index in [1.165, 1.54) is 0 Å². The van der Waals surface area contributed by atoms with Gasteiger partial charge in [-0.2, -0.15) is 0 Å². The van der Waals surface area contributed by atoms with Crippen LogP contribution in [0.3, 0.4) is 0 Å². The molecular formula is C13H21N3O3. The normalized spacial score (nSPS) is 10.0. The van der Waals surface area contributed by atoms with E-state index >= 15 is 0 Å². The van der Waals surface area contributed by atoms with Crippen LogP contribution < -0.4 is 20.7 Å². The van der Waals surface area contributed by atoms with Gasteiger partial charge in [0.15, 0.2) is 0 Å². The molecule has 3 N–H and O–H groups in total. The Hall–Kier alpha value is -1.79. The van der Waals surface area contributed by atoms with E-state index in [1.807, 2.05) is 12.1 Å². The Balaban J connectivity index is 2.19. The lowest BCUT2D eigenvalue weighted by atomic mass is 10.3. The predicted octanol–water partition coefficient (Wildman–Crippen LogP) is 1.05. The molecule has 0 aliphatic heterocycles. The monoisotopic (exact) mass is 267 g/mol. The molecule has 0 aliphatic rings. The van der Waals surface area contributed by atoms with E-state index in [9.17, 15) is 4.79 Å². The fraction of sp³-hybridized carbons (Fsp3) is 0.462. The molecule has 0 bridgehead atoms. The maximum atomic E-state index is 11.6. The topological polar surface area (TPSA) is 71.6 Å². The lowest BCUT2D eigenvalue weighted by molar-refractivity contribution is 0.199. The highest BCUT2D eigenvalue weighted by Crippen LogP contribution is 2.16. The summed E-state index contributed by atoms with van der Waals surface area (Å²) in [7, 11) is 3.24. The number of urea groups is 1. The van der Waals surface area contributed by atoms with Crippen LogP contribution in [0.4, 0.5) is 10.5 Å². The van der Waals surface area contributed by atoms with Crippen LogP contribution in [0.5, 0.6) is 5.75 Å². The van der Waals surface area contributed by atoms with Crippen molar-refractivity contribution in [3.63, 3.8) is 0 Å². The number of nitrogens with one attached hydrogen (secondary N) is 3. The predicted molar refractivity (Wildman–Crippen MR) is 74.8 cm³/mol. The number of rotatable bonds is 8. The molecule has 0 aliphatic carbocycles. The molecule has 0 atom stereocenters. The first-order valence-electron chi connectivity index (χ1n) is 6.15. The van der Waals surface area contributed by atoms with Crippen LogP contribution in [0.2, 0.25) is 0 Å². The average Bonchev–Trinajstić information content (AvgIpc) is 2.43. The van der Waals surface area contributed by atoms with E-state index < -0.39 is 0 Å². The van der Waals surface area contributed by atoms with Crippen molar-refractivity contribution in [2.24, 2.45) is 0 Å². The minimum absolute atomic E-state index is 0.234. The first-order valence-corrected chi connectivity index (χ1v) is 6.15. The summed E-state index contributed by atoms with van der Waals surface area (Å²) in [6.07, 6.45) is 0. The Morgan fingerprint density at radius 3 is 2.79 bits per heavy atom. The molecule has 0 radical (unpaired) electrons. The maximum absolute atomic E-state index is 11.6. The van der Waals surface area contributed by atoms with Gasteiger partial charge in [-0.3, -0.25) is 0 Å². The molecular weight excluding hydrogens is 246 g/mol. The minimum Gasteiger partial charge on any atom is -0.497 e. The zero-order valence-corrected chi connectivity index (χ0v) is 11.4. The summed E-state index contributed by atoms with van der Waals surface area (Å²) >= 11 is 0. The van der Waals surface area contributed by atoms with Crippen molar-refractivity contribution in [2.75, 3.05) is 45.8 Å². The van der Waals surface area contributed by atoms with Crippen molar-refractivity contribution in [3.05, 3.63) is 24.3 Å². The van der Waals surface area contributed by atoms with E-state index in [1.54, 1.807) is 26.4 Å². The zero-order valence-electron chi connectivity index (χ0n) is 11.4. The summed E-state index contributed by atoms with van der Waals surface area (Å²) in [5.74, 6) is 0.707. The van der Waals surface area contributed by atoms with Gasteiger partial charge in [0.2, 0.25) is 0 Å². The van der Waals surface area contributed by atoms with Crippen LogP contribution in [-0.4, -0.2) is 46.5 Å². The van der Waals surface area contributed by atoms with Crippen LogP contribution in [-0.2, 0) is 4.74 Å². The van der Waals surface area contributed by atoms with Crippen molar-refractivity contribution in [3.8, 4) is 5.75 Å². The summed E-state index contributed by atoms with van der Waals surface area (Å²) in [5.41, 5.74) is 0.698. The number of amides is 2. The summed E-state index contributed by atoms with van der Waals surface area (Å²) in [6, 6.07) is 6.97. The highest BCUT2D eigenvalue weighted by Gasteiger charge is 2.01. The average molecular weight is 267 g/mol. The van der Waals surface area contributed by atoms with Crippen LogP contribution >= 0.6 is 0 Å². The number of methoxy groups -OCH3 is 2. The van der Waals surface area contributed by atoms with Gasteiger partial charge in [-0.25, -0.2) is 4.79 Å². The largest absolute Gasteiger partial charge is 0.497 e. The van der Waals surface area contributed by atoms with Gasteiger partial charge in [-0.1, -0.05) is 6.07 Å². The second kappa shape index (κ2) is 9.18. The summed E-state index contributed by atoms with van der Waals surface area (Å²) in [4.78, 5) is 11.6. The number of carbonyl (C=O) groups is 1. The SMILES string of the molecule is COCCNCCNC(=O)Nc1cccc(OC)c1. The van der Waals surface area contributed by atoms with Crippen molar-refractivity contribution in [1.29, 1.82) is 0 Å². The van der Waals surface area contributed by atoms with Crippen LogP contribution in [0.25, 0.3) is 0 Å². The standard InChI is InChI=1S/C13H21N3O3/c1-18-9-8-14-6-7-15-13(17)16-11-4-3-5-12(10-11)19-2/h3-5,10,14H,6-9H2,1-2H3,(H2,15,16,17). The van der Waals surface area contributed by atoms with Gasteiger partial charge in [0, 0.05) is 38.5 Å². The van der Waals surface area contributed by atoms with Crippen molar-refractivity contribution >= 4 is 11.7 Å². The molecule has 6 heteroatoms. The lowest BCUT2D eigenvalue weighted by Gasteiger charge is -2.09. The van der Waals surface area contributed by atoms with Gasteiger partial charge >= 0.3 is 6.03 Å². The van der Waals surface area contributed by atoms with Crippen molar-refractivity contribution in [1.82, 2.24) is 10.6 Å². The summed E-state index contributed by atoms with van der Waals surface area (Å²) < 4.78 is 9.98. The fourth-order valence-electron chi connectivity index (χ4n) is 1.44. The van der Waals surface area contributed by atoms with E-state index in [0.29, 0.717) is 31.1 Å². The second-order valence-electron chi connectivity index (χ2n) is 3.86. The van der Waals surface area contributed by atoms with E-state index in [4.69, 9.17) is 9.47 Å². The molecule has 0 saturated heterocycles. The molecule has 0 heterocycles. The molecule has 1 aromatic rings. The number of benzene rings is 1. The van der Waals surface area contributed by atoms with Gasteiger partial charge in [-0.05, 0) is 12.1 Å². The Morgan fingerprint density at radius 1 is 1.21 bits per heavy atom. The molecule has 106 valence electrons. The molecule has 0 fully saturated rings. The van der Waals surface area contributed by atoms with E-state index in [0.717, 1.165) is 6.54 Å². The second-order valence-corrected chi connectivity index (χ2v) is 3.86. The van der Waals surface area contributed by atoms with Crippen molar-refractivity contribution in [2.45, 2.75) is 0 Å². The quantitative estimate of drug-likeness (QED) is 0.616. The maximum Gasteiger partial charge on any atom is 0.319 e. The third kappa shape index (κ3) is 6.64. The number of hydrogen-bond donors (Lipinski definition) is 3. The zero-order chi connectivity index (χ0) is 13.9. The first-order chi connectivity index (χ1) is 9.26. The summed E-state index contributed by atoms with van der Waals surface area (Å²) in [6.45, 7) is 2.69. The van der Waals surface area contributed by atoms with E-state index in [-0.39, 0.29) is 6.03 Å². The Bertz CT molecular complexity index is 385. The minimum atomic E-state index is -0.234. The fourth-order valence-corrected chi connectivity index (χ4v) is 1.44. The molecule has 6 nitrogen and oxygen atoms in total. The molecule has 0 spiro atoms. The first kappa shape index (κ1) is 15.3. The molecule has 19 heavy (non-hydrogen) atoms. The Morgan fingerprint density at radius 2 is 2.05 bits per heavy atom. The van der Waals surface area contributed by atoms with Gasteiger partial charge in [0.1, 0.15) is 5.75 Å². The molecule has 0 aromatic heterocycles. The number of ether oxygens (including phenoxy) is 2. The van der Waals surface area contributed by atoms with E-state index in [2.05, 4.69) is 16.0 Å². The molecule has 0 saturated carbocycles. The Kier molecular flexibility index (Phi) is 7.38. The lowest BCUT2D eigenvalue weighted by Crippen LogP contribution is -2.35. The van der Waals surface area contributed by atoms with Crippen LogP contribution in [0.15, 0.2) is 24.3 Å². The van der Waals surface area contributed by atoms with Gasteiger partial charge in [0.05, 0.1) is 13.7 Å². The Labute approximate surface area is 113 Å². The third-order valence-electron chi connectivity index (χ3n) is 2.40. The number of anilines is 1. The van der Waals surface area contributed by atoms with Gasteiger partial charge in [-0.15, -0.1) is 0 Å². The molecule has 1 aromatic carbocycles. The van der Waals surface area contributed by atoms with Crippen LogP contribution in [0.1, 0.15) is 0 Å². The van der Waals surface area contributed by atoms with Crippen molar-refractivity contribution < 1.29 is 14.3 Å². The smallest absolute Gasteiger partial charge is 0.319 e. The number of hydrogen-bond acceptors (Lipinski definition) is 4. The molecule has 2 amide bonds. The highest BCUT2D eigenvalue weighted by atomic mass is 16.5. The highest BCUT2D eigenvalue weighted by molar-refractivity contribution is 5.89. The van der Waals surface area contributed by atoms with Crippen LogP contribution in [0, 0.1) is 0 Å². The van der Waals surface area contributed by atoms with Gasteiger partial charge < -0.3 is 25.4 Å². The third-order valence-corrected chi connectivity index (χ3v) is 2.40. The van der Waals surface area contributed by atoms with Gasteiger partial charge in [0.25, 0.3) is 0 Å². The molecule has 0 unspecified atom stereocenters. The molecule has 1 rings (SSSR count). The summed E-state index contributed by atoms with van der Waals surface area (Å²) in [5, 5.41) is 8.62.